The molecule has 0 fully saturated rings. The third-order valence-electron chi connectivity index (χ3n) is 1.75. The summed E-state index contributed by atoms with van der Waals surface area (Å²) < 4.78 is 13.1. The minimum absolute atomic E-state index is 0.0403. The normalized spacial score (nSPS) is 10.6. The van der Waals surface area contributed by atoms with Gasteiger partial charge in [-0.15, -0.1) is 0 Å². The molecule has 0 aliphatic heterocycles. The van der Waals surface area contributed by atoms with Gasteiger partial charge in [0.2, 0.25) is 0 Å². The first kappa shape index (κ1) is 10.8. The molecule has 0 atom stereocenters. The standard InChI is InChI=1S/C13H15F/c1-10-5-6-11(9-12(10)14)7-8-13(2,3)4/h5-6,9H,1-4H3. The fraction of sp³-hybridized carbons (Fsp3) is 0.385. The van der Waals surface area contributed by atoms with E-state index in [2.05, 4.69) is 11.8 Å². The fourth-order valence-corrected chi connectivity index (χ4v) is 0.930. The van der Waals surface area contributed by atoms with E-state index in [0.29, 0.717) is 5.56 Å². The number of hydrogen-bond donors (Lipinski definition) is 0. The predicted molar refractivity (Wildman–Crippen MR) is 57.5 cm³/mol. The zero-order valence-corrected chi connectivity index (χ0v) is 9.11. The van der Waals surface area contributed by atoms with E-state index in [1.165, 1.54) is 6.07 Å². The van der Waals surface area contributed by atoms with E-state index in [4.69, 9.17) is 0 Å². The van der Waals surface area contributed by atoms with Gasteiger partial charge >= 0.3 is 0 Å². The monoisotopic (exact) mass is 190 g/mol. The average Bonchev–Trinajstić information content (AvgIpc) is 2.06. The lowest BCUT2D eigenvalue weighted by atomic mass is 9.97. The molecule has 0 nitrogen and oxygen atoms in total. The summed E-state index contributed by atoms with van der Waals surface area (Å²) in [5, 5.41) is 0. The Balaban J connectivity index is 2.98. The lowest BCUT2D eigenvalue weighted by Crippen LogP contribution is -1.99. The van der Waals surface area contributed by atoms with Crippen molar-refractivity contribution in [2.45, 2.75) is 27.7 Å². The van der Waals surface area contributed by atoms with Crippen molar-refractivity contribution in [3.63, 3.8) is 0 Å². The fourth-order valence-electron chi connectivity index (χ4n) is 0.930. The molecular weight excluding hydrogens is 175 g/mol. The van der Waals surface area contributed by atoms with Crippen molar-refractivity contribution in [2.75, 3.05) is 0 Å². The molecule has 1 rings (SSSR count). The maximum atomic E-state index is 13.1. The van der Waals surface area contributed by atoms with Gasteiger partial charge in [0.1, 0.15) is 5.82 Å². The summed E-state index contributed by atoms with van der Waals surface area (Å²) in [6, 6.07) is 5.08. The van der Waals surface area contributed by atoms with E-state index in [1.54, 1.807) is 13.0 Å². The van der Waals surface area contributed by atoms with E-state index >= 15 is 0 Å². The molecule has 0 amide bonds. The van der Waals surface area contributed by atoms with Crippen LogP contribution in [0, 0.1) is 30.0 Å². The molecule has 1 aromatic carbocycles. The van der Waals surface area contributed by atoms with Crippen molar-refractivity contribution in [1.29, 1.82) is 0 Å². The van der Waals surface area contributed by atoms with Gasteiger partial charge in [-0.2, -0.15) is 0 Å². The molecule has 0 unspecified atom stereocenters. The van der Waals surface area contributed by atoms with Crippen LogP contribution in [0.2, 0.25) is 0 Å². The number of rotatable bonds is 0. The van der Waals surface area contributed by atoms with E-state index in [-0.39, 0.29) is 11.2 Å². The zero-order valence-electron chi connectivity index (χ0n) is 9.11. The zero-order chi connectivity index (χ0) is 10.8. The van der Waals surface area contributed by atoms with Crippen LogP contribution in [0.25, 0.3) is 0 Å². The van der Waals surface area contributed by atoms with Crippen LogP contribution in [0.1, 0.15) is 31.9 Å². The highest BCUT2D eigenvalue weighted by molar-refractivity contribution is 5.37. The summed E-state index contributed by atoms with van der Waals surface area (Å²) in [5.74, 6) is 5.84. The topological polar surface area (TPSA) is 0 Å². The molecular formula is C13H15F. The third kappa shape index (κ3) is 3.22. The van der Waals surface area contributed by atoms with Crippen LogP contribution in [0.5, 0.6) is 0 Å². The summed E-state index contributed by atoms with van der Waals surface area (Å²) in [5.41, 5.74) is 1.36. The molecule has 0 aliphatic rings. The van der Waals surface area contributed by atoms with Crippen LogP contribution >= 0.6 is 0 Å². The van der Waals surface area contributed by atoms with Crippen molar-refractivity contribution in [2.24, 2.45) is 5.41 Å². The van der Waals surface area contributed by atoms with Crippen LogP contribution in [-0.2, 0) is 0 Å². The Morgan fingerprint density at radius 2 is 1.86 bits per heavy atom. The van der Waals surface area contributed by atoms with Gasteiger partial charge < -0.3 is 0 Å². The molecule has 0 aliphatic carbocycles. The molecule has 0 N–H and O–H groups in total. The van der Waals surface area contributed by atoms with Crippen LogP contribution in [0.3, 0.4) is 0 Å². The minimum atomic E-state index is -0.189. The van der Waals surface area contributed by atoms with Crippen molar-refractivity contribution in [3.05, 3.63) is 35.1 Å². The number of benzene rings is 1. The van der Waals surface area contributed by atoms with Gasteiger partial charge in [-0.25, -0.2) is 4.39 Å². The Labute approximate surface area is 85.2 Å². The Kier molecular flexibility index (Phi) is 2.96. The Bertz CT molecular complexity index is 386. The molecule has 0 bridgehead atoms. The largest absolute Gasteiger partial charge is 0.207 e. The van der Waals surface area contributed by atoms with Gasteiger partial charge in [0, 0.05) is 11.0 Å². The molecule has 14 heavy (non-hydrogen) atoms. The average molecular weight is 190 g/mol. The number of halogens is 1. The van der Waals surface area contributed by atoms with Crippen molar-refractivity contribution in [3.8, 4) is 11.8 Å². The molecule has 0 heterocycles. The molecule has 1 aromatic rings. The summed E-state index contributed by atoms with van der Waals surface area (Å²) >= 11 is 0. The number of hydrogen-bond acceptors (Lipinski definition) is 0. The molecule has 0 saturated heterocycles. The second-order valence-corrected chi connectivity index (χ2v) is 4.46. The Hall–Kier alpha value is -1.29. The van der Waals surface area contributed by atoms with Gasteiger partial charge in [-0.05, 0) is 45.4 Å². The van der Waals surface area contributed by atoms with Gasteiger partial charge in [0.25, 0.3) is 0 Å². The Morgan fingerprint density at radius 1 is 1.21 bits per heavy atom. The van der Waals surface area contributed by atoms with Gasteiger partial charge in [-0.1, -0.05) is 17.9 Å². The van der Waals surface area contributed by atoms with E-state index in [1.807, 2.05) is 26.8 Å². The molecule has 74 valence electrons. The lowest BCUT2D eigenvalue weighted by molar-refractivity contribution is 0.571. The highest BCUT2D eigenvalue weighted by atomic mass is 19.1. The van der Waals surface area contributed by atoms with Crippen molar-refractivity contribution >= 4 is 0 Å². The number of aryl methyl sites for hydroxylation is 1. The maximum absolute atomic E-state index is 13.1. The van der Waals surface area contributed by atoms with Gasteiger partial charge in [0.15, 0.2) is 0 Å². The molecule has 1 heteroatoms. The van der Waals surface area contributed by atoms with Crippen LogP contribution in [-0.4, -0.2) is 0 Å². The quantitative estimate of drug-likeness (QED) is 0.549. The van der Waals surface area contributed by atoms with Gasteiger partial charge in [0.05, 0.1) is 0 Å². The SMILES string of the molecule is Cc1ccc(C#CC(C)(C)C)cc1F. The van der Waals surface area contributed by atoms with Gasteiger partial charge in [-0.3, -0.25) is 0 Å². The molecule has 0 saturated carbocycles. The summed E-state index contributed by atoms with van der Waals surface area (Å²) in [6.07, 6.45) is 0. The summed E-state index contributed by atoms with van der Waals surface area (Å²) in [7, 11) is 0. The van der Waals surface area contributed by atoms with Crippen LogP contribution < -0.4 is 0 Å². The van der Waals surface area contributed by atoms with Crippen LogP contribution in [0.4, 0.5) is 4.39 Å². The molecule has 0 aromatic heterocycles. The third-order valence-corrected chi connectivity index (χ3v) is 1.75. The first-order chi connectivity index (χ1) is 6.38. The molecule has 0 radical (unpaired) electrons. The maximum Gasteiger partial charge on any atom is 0.127 e. The smallest absolute Gasteiger partial charge is 0.127 e. The second-order valence-electron chi connectivity index (χ2n) is 4.46. The van der Waals surface area contributed by atoms with E-state index < -0.39 is 0 Å². The predicted octanol–water partition coefficient (Wildman–Crippen LogP) is 3.53. The first-order valence-corrected chi connectivity index (χ1v) is 4.68. The second kappa shape index (κ2) is 3.84. The highest BCUT2D eigenvalue weighted by Gasteiger charge is 2.03. The van der Waals surface area contributed by atoms with E-state index in [9.17, 15) is 4.39 Å². The minimum Gasteiger partial charge on any atom is -0.207 e. The Morgan fingerprint density at radius 3 is 2.36 bits per heavy atom. The lowest BCUT2D eigenvalue weighted by Gasteiger charge is -2.06. The summed E-state index contributed by atoms with van der Waals surface area (Å²) in [4.78, 5) is 0. The molecule has 0 spiro atoms. The van der Waals surface area contributed by atoms with Crippen LogP contribution in [0.15, 0.2) is 18.2 Å². The summed E-state index contributed by atoms with van der Waals surface area (Å²) in [6.45, 7) is 7.84. The van der Waals surface area contributed by atoms with Crippen molar-refractivity contribution in [1.82, 2.24) is 0 Å². The first-order valence-electron chi connectivity index (χ1n) is 4.68. The van der Waals surface area contributed by atoms with Crippen molar-refractivity contribution < 1.29 is 4.39 Å². The highest BCUT2D eigenvalue weighted by Crippen LogP contribution is 2.12. The van der Waals surface area contributed by atoms with E-state index in [0.717, 1.165) is 5.56 Å².